The van der Waals surface area contributed by atoms with E-state index >= 15 is 0 Å². The molecule has 3 rings (SSSR count). The van der Waals surface area contributed by atoms with Crippen LogP contribution >= 0.6 is 0 Å². The van der Waals surface area contributed by atoms with Crippen molar-refractivity contribution in [3.63, 3.8) is 0 Å². The van der Waals surface area contributed by atoms with Crippen molar-refractivity contribution < 1.29 is 14.3 Å². The second kappa shape index (κ2) is 12.2. The van der Waals surface area contributed by atoms with Gasteiger partial charge in [0.15, 0.2) is 0 Å². The van der Waals surface area contributed by atoms with Gasteiger partial charge in [-0.25, -0.2) is 0 Å². The summed E-state index contributed by atoms with van der Waals surface area (Å²) in [5, 5.41) is 2.96. The molecule has 1 aromatic heterocycles. The van der Waals surface area contributed by atoms with Crippen molar-refractivity contribution in [2.24, 2.45) is 0 Å². The van der Waals surface area contributed by atoms with Gasteiger partial charge < -0.3 is 14.8 Å². The van der Waals surface area contributed by atoms with E-state index in [1.807, 2.05) is 62.4 Å². The summed E-state index contributed by atoms with van der Waals surface area (Å²) in [6, 6.07) is 19.2. The molecule has 1 N–H and O–H groups in total. The molecule has 0 saturated carbocycles. The van der Waals surface area contributed by atoms with Gasteiger partial charge in [-0.05, 0) is 68.7 Å². The van der Waals surface area contributed by atoms with Crippen molar-refractivity contribution in [1.29, 1.82) is 0 Å². The summed E-state index contributed by atoms with van der Waals surface area (Å²) in [5.41, 5.74) is 4.15. The number of carbonyl (C=O) groups excluding carboxylic acids is 1. The first-order chi connectivity index (χ1) is 16.0. The second-order valence-corrected chi connectivity index (χ2v) is 8.30. The summed E-state index contributed by atoms with van der Waals surface area (Å²) in [5.74, 6) is 1.25. The first-order valence-corrected chi connectivity index (χ1v) is 11.7. The van der Waals surface area contributed by atoms with Crippen LogP contribution in [0.4, 0.5) is 5.69 Å². The molecular formula is C28H34N2O3. The molecule has 0 fully saturated rings. The Morgan fingerprint density at radius 1 is 1.00 bits per heavy atom. The standard InChI is InChI=1S/C28H34N2O3/c1-5-8-22-11-14-25(15-12-22)33-26-10-7-9-23(19-26)30-28(31)27-16-13-24(29-21(27)4)18-20(3)32-17-6-2/h7,9-16,19-20H,5-6,8,17-18H2,1-4H3,(H,30,31). The number of anilines is 1. The molecule has 5 nitrogen and oxygen atoms in total. The first kappa shape index (κ1) is 24.5. The topological polar surface area (TPSA) is 60.5 Å². The second-order valence-electron chi connectivity index (χ2n) is 8.30. The normalized spacial score (nSPS) is 11.8. The van der Waals surface area contributed by atoms with E-state index in [0.29, 0.717) is 22.7 Å². The van der Waals surface area contributed by atoms with Crippen LogP contribution in [-0.4, -0.2) is 23.6 Å². The maximum absolute atomic E-state index is 12.9. The lowest BCUT2D eigenvalue weighted by Gasteiger charge is -2.14. The highest BCUT2D eigenvalue weighted by Gasteiger charge is 2.13. The Bertz CT molecular complexity index is 1050. The number of pyridine rings is 1. The SMILES string of the molecule is CCCOC(C)Cc1ccc(C(=O)Nc2cccc(Oc3ccc(CCC)cc3)c2)c(C)n1. The van der Waals surface area contributed by atoms with Crippen molar-refractivity contribution in [3.8, 4) is 11.5 Å². The number of ether oxygens (including phenoxy) is 2. The molecule has 0 radical (unpaired) electrons. The smallest absolute Gasteiger partial charge is 0.257 e. The molecule has 5 heteroatoms. The van der Waals surface area contributed by atoms with E-state index in [2.05, 4.69) is 36.3 Å². The fourth-order valence-corrected chi connectivity index (χ4v) is 3.62. The Kier molecular flexibility index (Phi) is 9.02. The van der Waals surface area contributed by atoms with E-state index in [1.165, 1.54) is 5.56 Å². The van der Waals surface area contributed by atoms with Gasteiger partial charge in [0.05, 0.1) is 17.4 Å². The van der Waals surface area contributed by atoms with E-state index in [4.69, 9.17) is 9.47 Å². The van der Waals surface area contributed by atoms with Gasteiger partial charge in [-0.2, -0.15) is 0 Å². The molecule has 3 aromatic rings. The lowest BCUT2D eigenvalue weighted by atomic mass is 10.1. The van der Waals surface area contributed by atoms with Gasteiger partial charge in [-0.1, -0.05) is 38.5 Å². The monoisotopic (exact) mass is 446 g/mol. The predicted molar refractivity (Wildman–Crippen MR) is 133 cm³/mol. The molecule has 1 amide bonds. The van der Waals surface area contributed by atoms with E-state index in [0.717, 1.165) is 43.7 Å². The van der Waals surface area contributed by atoms with Gasteiger partial charge in [0.25, 0.3) is 5.91 Å². The number of hydrogen-bond acceptors (Lipinski definition) is 4. The fraction of sp³-hybridized carbons (Fsp3) is 0.357. The minimum absolute atomic E-state index is 0.0992. The minimum atomic E-state index is -0.192. The van der Waals surface area contributed by atoms with Crippen LogP contribution in [0.1, 0.15) is 60.9 Å². The largest absolute Gasteiger partial charge is 0.457 e. The van der Waals surface area contributed by atoms with E-state index < -0.39 is 0 Å². The zero-order chi connectivity index (χ0) is 23.6. The zero-order valence-electron chi connectivity index (χ0n) is 20.1. The number of amides is 1. The molecule has 0 aliphatic rings. The van der Waals surface area contributed by atoms with Crippen LogP contribution in [0.25, 0.3) is 0 Å². The van der Waals surface area contributed by atoms with Gasteiger partial charge in [0, 0.05) is 30.5 Å². The number of nitrogens with one attached hydrogen (secondary N) is 1. The van der Waals surface area contributed by atoms with Gasteiger partial charge in [-0.15, -0.1) is 0 Å². The highest BCUT2D eigenvalue weighted by atomic mass is 16.5. The van der Waals surface area contributed by atoms with Crippen LogP contribution in [-0.2, 0) is 17.6 Å². The quantitative estimate of drug-likeness (QED) is 0.354. The molecule has 0 aliphatic heterocycles. The molecule has 33 heavy (non-hydrogen) atoms. The summed E-state index contributed by atoms with van der Waals surface area (Å²) in [6.45, 7) is 8.91. The summed E-state index contributed by atoms with van der Waals surface area (Å²) in [6.07, 6.45) is 3.99. The maximum atomic E-state index is 12.9. The third-order valence-corrected chi connectivity index (χ3v) is 5.28. The van der Waals surface area contributed by atoms with Crippen molar-refractivity contribution in [2.45, 2.75) is 59.5 Å². The van der Waals surface area contributed by atoms with Crippen LogP contribution in [0.5, 0.6) is 11.5 Å². The van der Waals surface area contributed by atoms with Crippen LogP contribution in [0.2, 0.25) is 0 Å². The maximum Gasteiger partial charge on any atom is 0.257 e. The van der Waals surface area contributed by atoms with Crippen molar-refractivity contribution >= 4 is 11.6 Å². The molecule has 2 aromatic carbocycles. The molecule has 0 spiro atoms. The Hall–Kier alpha value is -3.18. The van der Waals surface area contributed by atoms with Crippen LogP contribution in [0.15, 0.2) is 60.7 Å². The molecule has 0 bridgehead atoms. The number of aryl methyl sites for hydroxylation is 2. The van der Waals surface area contributed by atoms with Gasteiger partial charge in [0.1, 0.15) is 11.5 Å². The number of rotatable bonds is 11. The van der Waals surface area contributed by atoms with Gasteiger partial charge >= 0.3 is 0 Å². The number of hydrogen-bond donors (Lipinski definition) is 1. The Morgan fingerprint density at radius 3 is 2.48 bits per heavy atom. The van der Waals surface area contributed by atoms with Gasteiger partial charge in [-0.3, -0.25) is 9.78 Å². The number of carbonyl (C=O) groups is 1. The molecule has 1 atom stereocenters. The molecule has 174 valence electrons. The van der Waals surface area contributed by atoms with Crippen molar-refractivity contribution in [3.05, 3.63) is 83.2 Å². The summed E-state index contributed by atoms with van der Waals surface area (Å²) in [7, 11) is 0. The lowest BCUT2D eigenvalue weighted by molar-refractivity contribution is 0.0663. The molecule has 1 heterocycles. The van der Waals surface area contributed by atoms with Crippen LogP contribution in [0, 0.1) is 6.92 Å². The van der Waals surface area contributed by atoms with E-state index in [-0.39, 0.29) is 12.0 Å². The number of nitrogens with zero attached hydrogens (tertiary/aromatic N) is 1. The first-order valence-electron chi connectivity index (χ1n) is 11.7. The summed E-state index contributed by atoms with van der Waals surface area (Å²) >= 11 is 0. The number of aromatic nitrogens is 1. The van der Waals surface area contributed by atoms with Gasteiger partial charge in [0.2, 0.25) is 0 Å². The van der Waals surface area contributed by atoms with E-state index in [1.54, 1.807) is 0 Å². The molecular weight excluding hydrogens is 412 g/mol. The molecule has 0 aliphatic carbocycles. The number of benzene rings is 2. The van der Waals surface area contributed by atoms with E-state index in [9.17, 15) is 4.79 Å². The third-order valence-electron chi connectivity index (χ3n) is 5.28. The van der Waals surface area contributed by atoms with Crippen LogP contribution in [0.3, 0.4) is 0 Å². The summed E-state index contributed by atoms with van der Waals surface area (Å²) in [4.78, 5) is 17.5. The average Bonchev–Trinajstić information content (AvgIpc) is 2.79. The Balaban J connectivity index is 1.63. The van der Waals surface area contributed by atoms with Crippen molar-refractivity contribution in [2.75, 3.05) is 11.9 Å². The molecule has 1 unspecified atom stereocenters. The fourth-order valence-electron chi connectivity index (χ4n) is 3.62. The molecule has 0 saturated heterocycles. The Labute approximate surface area is 197 Å². The van der Waals surface area contributed by atoms with Crippen LogP contribution < -0.4 is 10.1 Å². The lowest BCUT2D eigenvalue weighted by Crippen LogP contribution is -2.16. The summed E-state index contributed by atoms with van der Waals surface area (Å²) < 4.78 is 11.7. The predicted octanol–water partition coefficient (Wildman–Crippen LogP) is 6.74. The Morgan fingerprint density at radius 2 is 1.79 bits per heavy atom. The third kappa shape index (κ3) is 7.43. The highest BCUT2D eigenvalue weighted by Crippen LogP contribution is 2.25. The average molecular weight is 447 g/mol. The minimum Gasteiger partial charge on any atom is -0.457 e. The zero-order valence-corrected chi connectivity index (χ0v) is 20.1. The highest BCUT2D eigenvalue weighted by molar-refractivity contribution is 6.05. The van der Waals surface area contributed by atoms with Crippen molar-refractivity contribution in [1.82, 2.24) is 4.98 Å².